The second-order valence-corrected chi connectivity index (χ2v) is 6.12. The minimum Gasteiger partial charge on any atom is -0.444 e. The Kier molecular flexibility index (Phi) is 3.12. The molecule has 1 aliphatic carbocycles. The van der Waals surface area contributed by atoms with Crippen molar-refractivity contribution in [2.75, 3.05) is 13.1 Å². The molecule has 0 unspecified atom stereocenters. The van der Waals surface area contributed by atoms with Crippen LogP contribution in [-0.4, -0.2) is 46.9 Å². The summed E-state index contributed by atoms with van der Waals surface area (Å²) in [5, 5.41) is 18.0. The normalized spacial score (nSPS) is 28.6. The van der Waals surface area contributed by atoms with E-state index in [1.807, 2.05) is 20.8 Å². The molecule has 2 N–H and O–H groups in total. The van der Waals surface area contributed by atoms with Crippen molar-refractivity contribution in [3.05, 3.63) is 0 Å². The number of likely N-dealkylation sites (tertiary alicyclic amines) is 1. The van der Waals surface area contributed by atoms with Crippen LogP contribution >= 0.6 is 0 Å². The Bertz CT molecular complexity index is 309. The van der Waals surface area contributed by atoms with E-state index in [9.17, 15) is 4.79 Å². The summed E-state index contributed by atoms with van der Waals surface area (Å²) in [5.74, 6) is 0.795. The summed E-state index contributed by atoms with van der Waals surface area (Å²) in [7, 11) is -1.20. The van der Waals surface area contributed by atoms with Crippen LogP contribution in [0.2, 0.25) is 5.82 Å². The zero-order valence-electron chi connectivity index (χ0n) is 10.6. The van der Waals surface area contributed by atoms with E-state index in [0.717, 1.165) is 6.42 Å². The maximum Gasteiger partial charge on any atom is 0.455 e. The van der Waals surface area contributed by atoms with Gasteiger partial charge in [0.15, 0.2) is 0 Å². The quantitative estimate of drug-likeness (QED) is 0.699. The first kappa shape index (κ1) is 12.7. The lowest BCUT2D eigenvalue weighted by Crippen LogP contribution is -2.52. The average molecular weight is 241 g/mol. The Labute approximate surface area is 102 Å². The summed E-state index contributed by atoms with van der Waals surface area (Å²) in [6, 6.07) is 0. The molecular formula is C11H20BNO4. The first-order valence-electron chi connectivity index (χ1n) is 6.12. The van der Waals surface area contributed by atoms with E-state index in [4.69, 9.17) is 14.8 Å². The van der Waals surface area contributed by atoms with Gasteiger partial charge >= 0.3 is 13.2 Å². The molecule has 6 heteroatoms. The van der Waals surface area contributed by atoms with Crippen LogP contribution in [0.4, 0.5) is 4.79 Å². The highest BCUT2D eigenvalue weighted by atomic mass is 16.6. The second kappa shape index (κ2) is 4.17. The van der Waals surface area contributed by atoms with Crippen molar-refractivity contribution in [1.82, 2.24) is 4.90 Å². The highest BCUT2D eigenvalue weighted by Crippen LogP contribution is 2.53. The molecule has 0 radical (unpaired) electrons. The highest BCUT2D eigenvalue weighted by Gasteiger charge is 2.53. The molecule has 2 atom stereocenters. The molecule has 2 aliphatic rings. The second-order valence-electron chi connectivity index (χ2n) is 6.12. The maximum absolute atomic E-state index is 11.6. The van der Waals surface area contributed by atoms with Crippen LogP contribution < -0.4 is 0 Å². The zero-order chi connectivity index (χ0) is 12.8. The Balaban J connectivity index is 1.71. The van der Waals surface area contributed by atoms with Gasteiger partial charge in [-0.3, -0.25) is 0 Å². The Morgan fingerprint density at radius 1 is 1.35 bits per heavy atom. The fourth-order valence-electron chi connectivity index (χ4n) is 2.38. The lowest BCUT2D eigenvalue weighted by atomic mass is 9.78. The van der Waals surface area contributed by atoms with Gasteiger partial charge in [-0.05, 0) is 44.8 Å². The molecule has 1 heterocycles. The topological polar surface area (TPSA) is 70.0 Å². The summed E-state index contributed by atoms with van der Waals surface area (Å²) in [4.78, 5) is 13.3. The molecule has 2 fully saturated rings. The lowest BCUT2D eigenvalue weighted by molar-refractivity contribution is -0.00424. The van der Waals surface area contributed by atoms with E-state index < -0.39 is 12.7 Å². The third-order valence-corrected chi connectivity index (χ3v) is 3.44. The highest BCUT2D eigenvalue weighted by molar-refractivity contribution is 6.44. The maximum atomic E-state index is 11.6. The van der Waals surface area contributed by atoms with Gasteiger partial charge in [0.2, 0.25) is 0 Å². The molecule has 1 amide bonds. The van der Waals surface area contributed by atoms with Crippen molar-refractivity contribution in [1.29, 1.82) is 0 Å². The van der Waals surface area contributed by atoms with Crippen LogP contribution in [0.15, 0.2) is 0 Å². The number of carbonyl (C=O) groups is 1. The molecule has 0 aromatic rings. The van der Waals surface area contributed by atoms with Crippen molar-refractivity contribution in [2.45, 2.75) is 38.6 Å². The molecule has 2 rings (SSSR count). The average Bonchev–Trinajstić information content (AvgIpc) is 2.76. The smallest absolute Gasteiger partial charge is 0.444 e. The van der Waals surface area contributed by atoms with Crippen molar-refractivity contribution in [2.24, 2.45) is 11.8 Å². The summed E-state index contributed by atoms with van der Waals surface area (Å²) in [5.41, 5.74) is -0.453. The summed E-state index contributed by atoms with van der Waals surface area (Å²) >= 11 is 0. The molecule has 96 valence electrons. The largest absolute Gasteiger partial charge is 0.455 e. The predicted molar refractivity (Wildman–Crippen MR) is 63.3 cm³/mol. The Hall–Kier alpha value is -0.745. The van der Waals surface area contributed by atoms with Crippen molar-refractivity contribution >= 4 is 13.2 Å². The van der Waals surface area contributed by atoms with Gasteiger partial charge in [0, 0.05) is 13.1 Å². The zero-order valence-corrected chi connectivity index (χ0v) is 10.6. The third kappa shape index (κ3) is 2.93. The van der Waals surface area contributed by atoms with E-state index in [0.29, 0.717) is 24.9 Å². The van der Waals surface area contributed by atoms with Crippen LogP contribution in [0.5, 0.6) is 0 Å². The fourth-order valence-corrected chi connectivity index (χ4v) is 2.38. The number of hydrogen-bond donors (Lipinski definition) is 2. The fraction of sp³-hybridized carbons (Fsp3) is 0.909. The minimum absolute atomic E-state index is 0.0146. The number of hydrogen-bond acceptors (Lipinski definition) is 4. The van der Waals surface area contributed by atoms with Gasteiger partial charge in [0.05, 0.1) is 0 Å². The lowest BCUT2D eigenvalue weighted by Gasteiger charge is -2.40. The van der Waals surface area contributed by atoms with E-state index in [1.54, 1.807) is 4.90 Å². The van der Waals surface area contributed by atoms with Gasteiger partial charge in [-0.25, -0.2) is 4.79 Å². The summed E-state index contributed by atoms with van der Waals surface area (Å²) < 4.78 is 5.25. The van der Waals surface area contributed by atoms with Crippen molar-refractivity contribution in [3.63, 3.8) is 0 Å². The standard InChI is InChI=1S/C11H20BNO4/c1-11(2,3)17-10(14)13-5-7(6-13)8-4-9(8)12(15)16/h7-9,15-16H,4-6H2,1-3H3/t8-,9+/m0/s1. The molecule has 0 aromatic heterocycles. The molecule has 1 saturated heterocycles. The van der Waals surface area contributed by atoms with Gasteiger partial charge in [0.25, 0.3) is 0 Å². The monoisotopic (exact) mass is 241 g/mol. The van der Waals surface area contributed by atoms with Crippen LogP contribution in [0, 0.1) is 11.8 Å². The van der Waals surface area contributed by atoms with Gasteiger partial charge in [-0.2, -0.15) is 0 Å². The number of nitrogens with zero attached hydrogens (tertiary/aromatic N) is 1. The number of carbonyl (C=O) groups excluding carboxylic acids is 1. The number of amides is 1. The van der Waals surface area contributed by atoms with Gasteiger partial charge < -0.3 is 19.7 Å². The van der Waals surface area contributed by atoms with Crippen molar-refractivity contribution < 1.29 is 19.6 Å². The van der Waals surface area contributed by atoms with E-state index in [2.05, 4.69) is 0 Å². The van der Waals surface area contributed by atoms with Crippen molar-refractivity contribution in [3.8, 4) is 0 Å². The molecule has 1 aliphatic heterocycles. The van der Waals surface area contributed by atoms with Crippen LogP contribution in [-0.2, 0) is 4.74 Å². The first-order chi connectivity index (χ1) is 7.78. The molecular weight excluding hydrogens is 221 g/mol. The van der Waals surface area contributed by atoms with E-state index >= 15 is 0 Å². The van der Waals surface area contributed by atoms with E-state index in [-0.39, 0.29) is 11.9 Å². The first-order valence-corrected chi connectivity index (χ1v) is 6.12. The predicted octanol–water partition coefficient (Wildman–Crippen LogP) is 0.716. The van der Waals surface area contributed by atoms with Crippen LogP contribution in [0.25, 0.3) is 0 Å². The number of ether oxygens (including phenoxy) is 1. The molecule has 5 nitrogen and oxygen atoms in total. The Morgan fingerprint density at radius 2 is 1.94 bits per heavy atom. The molecule has 1 saturated carbocycles. The van der Waals surface area contributed by atoms with Gasteiger partial charge in [-0.15, -0.1) is 0 Å². The SMILES string of the molecule is CC(C)(C)OC(=O)N1CC([C@@H]2C[C@H]2B(O)O)C1. The summed E-state index contributed by atoms with van der Waals surface area (Å²) in [6.07, 6.45) is 0.598. The minimum atomic E-state index is -1.20. The molecule has 0 bridgehead atoms. The Morgan fingerprint density at radius 3 is 2.35 bits per heavy atom. The van der Waals surface area contributed by atoms with Crippen LogP contribution in [0.3, 0.4) is 0 Å². The van der Waals surface area contributed by atoms with Crippen LogP contribution in [0.1, 0.15) is 27.2 Å². The molecule has 0 spiro atoms. The van der Waals surface area contributed by atoms with Gasteiger partial charge in [-0.1, -0.05) is 0 Å². The number of rotatable bonds is 2. The molecule has 17 heavy (non-hydrogen) atoms. The van der Waals surface area contributed by atoms with E-state index in [1.165, 1.54) is 0 Å². The molecule has 0 aromatic carbocycles. The summed E-state index contributed by atoms with van der Waals surface area (Å²) in [6.45, 7) is 6.91. The third-order valence-electron chi connectivity index (χ3n) is 3.44. The van der Waals surface area contributed by atoms with Gasteiger partial charge in [0.1, 0.15) is 5.60 Å².